The van der Waals surface area contributed by atoms with Crippen molar-refractivity contribution in [2.45, 2.75) is 61.6 Å². The van der Waals surface area contributed by atoms with Gasteiger partial charge in [-0.25, -0.2) is 16.8 Å². The lowest BCUT2D eigenvalue weighted by Gasteiger charge is -2.39. The van der Waals surface area contributed by atoms with Gasteiger partial charge in [0.1, 0.15) is 15.5 Å². The number of carbonyl (C=O) groups excluding carboxylic acids is 2. The average molecular weight is 879 g/mol. The third kappa shape index (κ3) is 10.1. The maximum atomic E-state index is 13.2. The normalized spacial score (nSPS) is 18.9. The van der Waals surface area contributed by atoms with Crippen molar-refractivity contribution in [1.82, 2.24) is 8.61 Å². The number of alkyl halides is 3. The summed E-state index contributed by atoms with van der Waals surface area (Å²) < 4.78 is 106. The molecule has 0 unspecified atom stereocenters. The van der Waals surface area contributed by atoms with Crippen molar-refractivity contribution in [3.63, 3.8) is 0 Å². The summed E-state index contributed by atoms with van der Waals surface area (Å²) >= 11 is 12.1. The second-order valence-corrected chi connectivity index (χ2v) is 18.6. The predicted molar refractivity (Wildman–Crippen MR) is 207 cm³/mol. The van der Waals surface area contributed by atoms with Crippen molar-refractivity contribution >= 4 is 60.8 Å². The lowest BCUT2D eigenvalue weighted by Crippen LogP contribution is -2.47. The molecule has 19 heteroatoms. The highest BCUT2D eigenvalue weighted by molar-refractivity contribution is 7.89. The van der Waals surface area contributed by atoms with Gasteiger partial charge >= 0.3 is 12.3 Å². The zero-order chi connectivity index (χ0) is 41.6. The van der Waals surface area contributed by atoms with Crippen LogP contribution in [0, 0.1) is 10.8 Å². The Morgan fingerprint density at radius 3 is 1.68 bits per heavy atom. The molecule has 3 aliphatic rings. The van der Waals surface area contributed by atoms with Gasteiger partial charge in [-0.1, -0.05) is 47.5 Å². The van der Waals surface area contributed by atoms with Crippen molar-refractivity contribution < 1.29 is 53.8 Å². The highest BCUT2D eigenvalue weighted by Crippen LogP contribution is 2.45. The number of nitrogens with zero attached hydrogens (tertiary/aromatic N) is 3. The molecule has 0 atom stereocenters. The molecule has 57 heavy (non-hydrogen) atoms. The second-order valence-electron chi connectivity index (χ2n) is 13.9. The molecule has 1 spiro atoms. The van der Waals surface area contributed by atoms with E-state index < -0.39 is 37.2 Å². The lowest BCUT2D eigenvalue weighted by atomic mass is 9.76. The van der Waals surface area contributed by atoms with Gasteiger partial charge in [-0.3, -0.25) is 9.59 Å². The van der Waals surface area contributed by atoms with Gasteiger partial charge in [-0.05, 0) is 94.0 Å². The fourth-order valence-electron chi connectivity index (χ4n) is 7.39. The van der Waals surface area contributed by atoms with Crippen LogP contribution in [0.15, 0.2) is 82.6 Å². The minimum Gasteiger partial charge on any atom is -0.466 e. The Bertz CT molecular complexity index is 2110. The van der Waals surface area contributed by atoms with Crippen LogP contribution < -0.4 is 9.64 Å². The molecule has 3 heterocycles. The Balaban J connectivity index is 0.000000225. The second kappa shape index (κ2) is 18.2. The molecule has 1 amide bonds. The number of sulfonamides is 2. The van der Waals surface area contributed by atoms with E-state index in [2.05, 4.69) is 4.74 Å². The van der Waals surface area contributed by atoms with E-state index in [-0.39, 0.29) is 63.6 Å². The first-order valence-corrected chi connectivity index (χ1v) is 21.9. The van der Waals surface area contributed by atoms with Crippen molar-refractivity contribution in [1.29, 1.82) is 0 Å². The molecule has 3 aromatic rings. The van der Waals surface area contributed by atoms with Crippen LogP contribution in [-0.2, 0) is 39.1 Å². The number of hydrogen-bond donors (Lipinski definition) is 0. The fraction of sp³-hybridized carbons (Fsp3) is 0.474. The maximum absolute atomic E-state index is 13.2. The summed E-state index contributed by atoms with van der Waals surface area (Å²) in [5, 5.41) is 0.345. The van der Waals surface area contributed by atoms with Crippen LogP contribution in [0.1, 0.15) is 45.4 Å². The molecule has 0 saturated carbocycles. The number of hydrogen-bond acceptors (Lipinski definition) is 9. The van der Waals surface area contributed by atoms with Gasteiger partial charge < -0.3 is 19.1 Å². The first kappa shape index (κ1) is 44.6. The van der Waals surface area contributed by atoms with Gasteiger partial charge in [-0.15, -0.1) is 13.2 Å². The molecule has 3 aromatic carbocycles. The Hall–Kier alpha value is -3.45. The van der Waals surface area contributed by atoms with Crippen LogP contribution in [0.5, 0.6) is 5.75 Å². The Morgan fingerprint density at radius 2 is 1.23 bits per heavy atom. The largest absolute Gasteiger partial charge is 0.573 e. The smallest absolute Gasteiger partial charge is 0.466 e. The van der Waals surface area contributed by atoms with Crippen molar-refractivity contribution in [2.75, 3.05) is 57.9 Å². The molecule has 3 saturated heterocycles. The quantitative estimate of drug-likeness (QED) is 0.184. The molecule has 0 aliphatic carbocycles. The average Bonchev–Trinajstić information content (AvgIpc) is 3.48. The van der Waals surface area contributed by atoms with E-state index in [0.717, 1.165) is 0 Å². The van der Waals surface area contributed by atoms with Crippen LogP contribution in [0.4, 0.5) is 18.9 Å². The van der Waals surface area contributed by atoms with E-state index in [1.54, 1.807) is 44.4 Å². The van der Waals surface area contributed by atoms with Crippen LogP contribution in [0.3, 0.4) is 0 Å². The summed E-state index contributed by atoms with van der Waals surface area (Å²) in [6.45, 7) is 3.77. The molecule has 0 aromatic heterocycles. The first-order chi connectivity index (χ1) is 26.9. The summed E-state index contributed by atoms with van der Waals surface area (Å²) in [6, 6.07) is 17.8. The molecule has 0 N–H and O–H groups in total. The summed E-state index contributed by atoms with van der Waals surface area (Å²) in [5.41, 5.74) is -0.904. The highest BCUT2D eigenvalue weighted by atomic mass is 35.5. The number of methoxy groups -OCH3 is 1. The number of anilines is 1. The Kier molecular flexibility index (Phi) is 14.3. The maximum Gasteiger partial charge on any atom is 0.573 e. The third-order valence-corrected chi connectivity index (χ3v) is 15.5. The number of benzene rings is 3. The molecular weight excluding hydrogens is 834 g/mol. The van der Waals surface area contributed by atoms with Crippen LogP contribution in [-0.4, -0.2) is 96.7 Å². The number of rotatable bonds is 11. The number of piperidine rings is 2. The molecule has 312 valence electrons. The highest BCUT2D eigenvalue weighted by Gasteiger charge is 2.50. The summed E-state index contributed by atoms with van der Waals surface area (Å²) in [4.78, 5) is 27.3. The van der Waals surface area contributed by atoms with Gasteiger partial charge in [-0.2, -0.15) is 8.61 Å². The fourth-order valence-corrected chi connectivity index (χ4v) is 11.3. The van der Waals surface area contributed by atoms with Gasteiger partial charge in [0.2, 0.25) is 26.0 Å². The van der Waals surface area contributed by atoms with Gasteiger partial charge in [0.05, 0.1) is 27.5 Å². The van der Waals surface area contributed by atoms with Crippen molar-refractivity contribution in [3.05, 3.63) is 82.8 Å². The molecular formula is C38H44Cl2F3N3O9S2. The van der Waals surface area contributed by atoms with Crippen LogP contribution >= 0.6 is 23.2 Å². The van der Waals surface area contributed by atoms with Gasteiger partial charge in [0, 0.05) is 52.1 Å². The van der Waals surface area contributed by atoms with Crippen LogP contribution in [0.25, 0.3) is 0 Å². The summed E-state index contributed by atoms with van der Waals surface area (Å²) in [6.07, 6.45) is -2.19. The Morgan fingerprint density at radius 1 is 0.754 bits per heavy atom. The monoisotopic (exact) mass is 877 g/mol. The van der Waals surface area contributed by atoms with E-state index >= 15 is 0 Å². The van der Waals surface area contributed by atoms with E-state index in [0.29, 0.717) is 64.0 Å². The zero-order valence-electron chi connectivity index (χ0n) is 31.3. The zero-order valence-corrected chi connectivity index (χ0v) is 34.5. The van der Waals surface area contributed by atoms with E-state index in [1.807, 2.05) is 0 Å². The predicted octanol–water partition coefficient (Wildman–Crippen LogP) is 7.16. The third-order valence-electron chi connectivity index (χ3n) is 10.7. The number of carbonyl (C=O) groups is 2. The number of amides is 1. The summed E-state index contributed by atoms with van der Waals surface area (Å²) in [7, 11) is -5.88. The first-order valence-electron chi connectivity index (χ1n) is 18.2. The molecule has 12 nitrogen and oxygen atoms in total. The SMILES string of the molecule is CCOC(=O)C1(CCOC)CCN(S(=O)(=O)c2ccccc2Cl)CC1.O=C1N(c2ccc(OC(F)(F)F)cc2)CCC12CCN(S(=O)(=O)c1ccccc1Cl)CC2. The number of halogens is 5. The lowest BCUT2D eigenvalue weighted by molar-refractivity contribution is -0.274. The van der Waals surface area contributed by atoms with E-state index in [9.17, 15) is 39.6 Å². The van der Waals surface area contributed by atoms with Gasteiger partial charge in [0.25, 0.3) is 0 Å². The van der Waals surface area contributed by atoms with E-state index in [1.165, 1.54) is 56.0 Å². The van der Waals surface area contributed by atoms with E-state index in [4.69, 9.17) is 32.7 Å². The number of esters is 1. The van der Waals surface area contributed by atoms with Crippen molar-refractivity contribution in [2.24, 2.45) is 10.8 Å². The molecule has 0 radical (unpaired) electrons. The minimum absolute atomic E-state index is 0.0400. The summed E-state index contributed by atoms with van der Waals surface area (Å²) in [5.74, 6) is -0.778. The molecule has 0 bridgehead atoms. The molecule has 3 aliphatic heterocycles. The molecule has 6 rings (SSSR count). The minimum atomic E-state index is -4.78. The molecule has 3 fully saturated rings. The standard InChI is InChI=1S/C21H20ClF3N2O4S.C17H24ClNO5S/c22-17-3-1-2-4-18(17)32(29,30)26-12-9-20(10-13-26)11-14-27(19(20)28)15-5-7-16(8-6-15)31-21(23,24)25;1-3-24-16(20)17(10-13-23-2)8-11-19(12-9-17)25(21,22)15-7-5-4-6-14(15)18/h1-8H,9-14H2;4-7H,3,8-13H2,1-2H3. The topological polar surface area (TPSA) is 140 Å². The van der Waals surface area contributed by atoms with Gasteiger partial charge in [0.15, 0.2) is 0 Å². The Labute approximate surface area is 340 Å². The van der Waals surface area contributed by atoms with Crippen molar-refractivity contribution in [3.8, 4) is 5.75 Å². The van der Waals surface area contributed by atoms with Crippen LogP contribution in [0.2, 0.25) is 10.0 Å². The number of ether oxygens (including phenoxy) is 3.